The van der Waals surface area contributed by atoms with E-state index in [1.54, 1.807) is 16.2 Å². The lowest BCUT2D eigenvalue weighted by Gasteiger charge is -2.34. The fourth-order valence-corrected chi connectivity index (χ4v) is 3.79. The SMILES string of the molecule is CCCN(Cc1nnc(-c2cccs2)o1)C(=O)CN1CCN(CCO)CC1. The van der Waals surface area contributed by atoms with Gasteiger partial charge in [0.15, 0.2) is 0 Å². The minimum atomic E-state index is 0.0864. The molecule has 9 heteroatoms. The van der Waals surface area contributed by atoms with E-state index in [0.29, 0.717) is 38.0 Å². The Morgan fingerprint density at radius 3 is 2.74 bits per heavy atom. The molecule has 0 aliphatic carbocycles. The standard InChI is InChI=1S/C18H27N5O3S/c1-2-5-23(13-16-19-20-18(26-16)15-4-3-12-27-15)17(25)14-22-8-6-21(7-9-22)10-11-24/h3-4,12,24H,2,5-11,13-14H2,1H3. The molecule has 2 aromatic heterocycles. The van der Waals surface area contributed by atoms with Crippen molar-refractivity contribution in [2.24, 2.45) is 0 Å². The first-order valence-electron chi connectivity index (χ1n) is 9.39. The van der Waals surface area contributed by atoms with Crippen LogP contribution in [0, 0.1) is 0 Å². The fourth-order valence-electron chi connectivity index (χ4n) is 3.15. The molecule has 27 heavy (non-hydrogen) atoms. The van der Waals surface area contributed by atoms with Crippen LogP contribution in [0.25, 0.3) is 10.8 Å². The molecule has 0 radical (unpaired) electrons. The van der Waals surface area contributed by atoms with Gasteiger partial charge in [0.05, 0.1) is 24.6 Å². The van der Waals surface area contributed by atoms with E-state index in [4.69, 9.17) is 9.52 Å². The maximum Gasteiger partial charge on any atom is 0.257 e. The summed E-state index contributed by atoms with van der Waals surface area (Å²) in [5.41, 5.74) is 0. The number of amides is 1. The molecule has 3 rings (SSSR count). The number of hydrogen-bond acceptors (Lipinski definition) is 8. The highest BCUT2D eigenvalue weighted by molar-refractivity contribution is 7.13. The van der Waals surface area contributed by atoms with E-state index < -0.39 is 0 Å². The van der Waals surface area contributed by atoms with Crippen LogP contribution in [0.1, 0.15) is 19.2 Å². The van der Waals surface area contributed by atoms with Crippen LogP contribution in [-0.4, -0.2) is 88.3 Å². The molecule has 0 bridgehead atoms. The van der Waals surface area contributed by atoms with Gasteiger partial charge in [-0.1, -0.05) is 13.0 Å². The van der Waals surface area contributed by atoms with Crippen LogP contribution in [0.15, 0.2) is 21.9 Å². The second-order valence-electron chi connectivity index (χ2n) is 6.63. The molecule has 148 valence electrons. The molecule has 1 fully saturated rings. The Labute approximate surface area is 163 Å². The topological polar surface area (TPSA) is 85.9 Å². The van der Waals surface area contributed by atoms with Crippen molar-refractivity contribution in [2.45, 2.75) is 19.9 Å². The Morgan fingerprint density at radius 2 is 2.07 bits per heavy atom. The first-order valence-corrected chi connectivity index (χ1v) is 10.3. The molecule has 0 aromatic carbocycles. The third-order valence-electron chi connectivity index (χ3n) is 4.61. The zero-order valence-electron chi connectivity index (χ0n) is 15.7. The second kappa shape index (κ2) is 9.93. The van der Waals surface area contributed by atoms with Crippen molar-refractivity contribution in [3.63, 3.8) is 0 Å². The zero-order valence-corrected chi connectivity index (χ0v) is 16.5. The first kappa shape index (κ1) is 19.9. The summed E-state index contributed by atoms with van der Waals surface area (Å²) in [6, 6.07) is 3.88. The van der Waals surface area contributed by atoms with Crippen LogP contribution in [0.3, 0.4) is 0 Å². The average molecular weight is 394 g/mol. The number of carbonyl (C=O) groups is 1. The molecule has 2 aromatic rings. The number of carbonyl (C=O) groups excluding carboxylic acids is 1. The van der Waals surface area contributed by atoms with Crippen LogP contribution < -0.4 is 0 Å². The third kappa shape index (κ3) is 5.58. The number of piperazine rings is 1. The second-order valence-corrected chi connectivity index (χ2v) is 7.58. The van der Waals surface area contributed by atoms with E-state index in [2.05, 4.69) is 26.9 Å². The molecule has 1 saturated heterocycles. The summed E-state index contributed by atoms with van der Waals surface area (Å²) < 4.78 is 5.74. The van der Waals surface area contributed by atoms with Gasteiger partial charge in [-0.2, -0.15) is 0 Å². The summed E-state index contributed by atoms with van der Waals surface area (Å²) in [6.07, 6.45) is 0.877. The van der Waals surface area contributed by atoms with Crippen LogP contribution in [0.2, 0.25) is 0 Å². The predicted molar refractivity (Wildman–Crippen MR) is 103 cm³/mol. The Balaban J connectivity index is 1.54. The molecule has 1 amide bonds. The maximum atomic E-state index is 12.8. The number of thiophene rings is 1. The van der Waals surface area contributed by atoms with Crippen LogP contribution in [-0.2, 0) is 11.3 Å². The normalized spacial score (nSPS) is 15.9. The van der Waals surface area contributed by atoms with Crippen molar-refractivity contribution in [2.75, 3.05) is 52.4 Å². The van der Waals surface area contributed by atoms with E-state index in [1.165, 1.54) is 0 Å². The summed E-state index contributed by atoms with van der Waals surface area (Å²) in [5.74, 6) is 1.06. The van der Waals surface area contributed by atoms with Gasteiger partial charge in [0.2, 0.25) is 11.8 Å². The molecule has 8 nitrogen and oxygen atoms in total. The smallest absolute Gasteiger partial charge is 0.257 e. The Bertz CT molecular complexity index is 698. The maximum absolute atomic E-state index is 12.8. The number of aliphatic hydroxyl groups excluding tert-OH is 1. The average Bonchev–Trinajstić information content (AvgIpc) is 3.34. The van der Waals surface area contributed by atoms with E-state index >= 15 is 0 Å². The number of nitrogens with zero attached hydrogens (tertiary/aromatic N) is 5. The van der Waals surface area contributed by atoms with Gasteiger partial charge < -0.3 is 14.4 Å². The predicted octanol–water partition coefficient (Wildman–Crippen LogP) is 1.15. The summed E-state index contributed by atoms with van der Waals surface area (Å²) in [5, 5.41) is 19.2. The number of hydrogen-bond donors (Lipinski definition) is 1. The number of β-amino-alcohol motifs (C(OH)–C–C–N with tert-alkyl or cyclic N) is 1. The Hall–Kier alpha value is -1.81. The molecular weight excluding hydrogens is 366 g/mol. The van der Waals surface area contributed by atoms with E-state index in [9.17, 15) is 4.79 Å². The molecule has 0 saturated carbocycles. The van der Waals surface area contributed by atoms with Gasteiger partial charge in [-0.3, -0.25) is 14.6 Å². The summed E-state index contributed by atoms with van der Waals surface area (Å²) in [4.78, 5) is 19.9. The van der Waals surface area contributed by atoms with Crippen molar-refractivity contribution >= 4 is 17.2 Å². The van der Waals surface area contributed by atoms with Gasteiger partial charge >= 0.3 is 0 Å². The summed E-state index contributed by atoms with van der Waals surface area (Å²) >= 11 is 1.55. The fraction of sp³-hybridized carbons (Fsp3) is 0.611. The van der Waals surface area contributed by atoms with Gasteiger partial charge in [-0.25, -0.2) is 0 Å². The summed E-state index contributed by atoms with van der Waals surface area (Å²) in [6.45, 7) is 7.80. The van der Waals surface area contributed by atoms with Crippen molar-refractivity contribution < 1.29 is 14.3 Å². The van der Waals surface area contributed by atoms with Crippen molar-refractivity contribution in [3.8, 4) is 10.8 Å². The van der Waals surface area contributed by atoms with Gasteiger partial charge in [0.25, 0.3) is 5.89 Å². The number of aliphatic hydroxyl groups is 1. The highest BCUT2D eigenvalue weighted by Crippen LogP contribution is 2.23. The molecule has 1 N–H and O–H groups in total. The van der Waals surface area contributed by atoms with E-state index in [1.807, 2.05) is 17.5 Å². The van der Waals surface area contributed by atoms with Gasteiger partial charge in [-0.15, -0.1) is 21.5 Å². The number of aromatic nitrogens is 2. The zero-order chi connectivity index (χ0) is 19.1. The van der Waals surface area contributed by atoms with E-state index in [0.717, 1.165) is 37.5 Å². The monoisotopic (exact) mass is 393 g/mol. The van der Waals surface area contributed by atoms with Crippen LogP contribution in [0.4, 0.5) is 0 Å². The third-order valence-corrected chi connectivity index (χ3v) is 5.47. The highest BCUT2D eigenvalue weighted by Gasteiger charge is 2.23. The minimum absolute atomic E-state index is 0.0864. The molecule has 0 atom stereocenters. The number of rotatable bonds is 9. The van der Waals surface area contributed by atoms with Crippen LogP contribution in [0.5, 0.6) is 0 Å². The Morgan fingerprint density at radius 1 is 1.30 bits per heavy atom. The first-order chi connectivity index (χ1) is 13.2. The lowest BCUT2D eigenvalue weighted by Crippen LogP contribution is -2.50. The largest absolute Gasteiger partial charge is 0.418 e. The van der Waals surface area contributed by atoms with Crippen LogP contribution >= 0.6 is 11.3 Å². The van der Waals surface area contributed by atoms with Crippen molar-refractivity contribution in [3.05, 3.63) is 23.4 Å². The van der Waals surface area contributed by atoms with Gasteiger partial charge in [0.1, 0.15) is 0 Å². The molecule has 0 unspecified atom stereocenters. The molecule has 3 heterocycles. The van der Waals surface area contributed by atoms with Gasteiger partial charge in [-0.05, 0) is 17.9 Å². The van der Waals surface area contributed by atoms with E-state index in [-0.39, 0.29) is 12.5 Å². The molecule has 1 aliphatic rings. The van der Waals surface area contributed by atoms with Crippen molar-refractivity contribution in [1.29, 1.82) is 0 Å². The molecular formula is C18H27N5O3S. The highest BCUT2D eigenvalue weighted by atomic mass is 32.1. The molecule has 1 aliphatic heterocycles. The Kier molecular flexibility index (Phi) is 7.33. The lowest BCUT2D eigenvalue weighted by atomic mass is 10.3. The summed E-state index contributed by atoms with van der Waals surface area (Å²) in [7, 11) is 0. The lowest BCUT2D eigenvalue weighted by molar-refractivity contribution is -0.133. The van der Waals surface area contributed by atoms with Gasteiger partial charge in [0, 0.05) is 39.3 Å². The minimum Gasteiger partial charge on any atom is -0.418 e. The quantitative estimate of drug-likeness (QED) is 0.684. The van der Waals surface area contributed by atoms with Crippen molar-refractivity contribution in [1.82, 2.24) is 24.9 Å². The molecule has 0 spiro atoms.